The molecule has 1 fully saturated rings. The van der Waals surface area contributed by atoms with E-state index in [4.69, 9.17) is 4.74 Å². The van der Waals surface area contributed by atoms with Gasteiger partial charge in [0.15, 0.2) is 0 Å². The van der Waals surface area contributed by atoms with Crippen molar-refractivity contribution in [3.05, 3.63) is 35.4 Å². The van der Waals surface area contributed by atoms with Gasteiger partial charge < -0.3 is 9.72 Å². The van der Waals surface area contributed by atoms with Crippen LogP contribution in [0.5, 0.6) is 5.75 Å². The molecular weight excluding hydrogens is 366 g/mol. The van der Waals surface area contributed by atoms with E-state index in [0.29, 0.717) is 11.9 Å². The zero-order chi connectivity index (χ0) is 21.2. The SMILES string of the molecule is CC(=O)Nc1ncc(CN2CCCC(COc3cc(C)nc(C)c3)C2)[nH]1.CCC. The number of amides is 1. The zero-order valence-corrected chi connectivity index (χ0v) is 18.4. The number of piperidine rings is 1. The van der Waals surface area contributed by atoms with Crippen molar-refractivity contribution in [3.63, 3.8) is 0 Å². The van der Waals surface area contributed by atoms with Crippen LogP contribution in [0.4, 0.5) is 5.95 Å². The van der Waals surface area contributed by atoms with Gasteiger partial charge in [-0.2, -0.15) is 0 Å². The average Bonchev–Trinajstić information content (AvgIpc) is 3.06. The number of carbonyl (C=O) groups excluding carboxylic acids is 1. The topological polar surface area (TPSA) is 83.1 Å². The van der Waals surface area contributed by atoms with Gasteiger partial charge in [0.25, 0.3) is 0 Å². The van der Waals surface area contributed by atoms with Crippen molar-refractivity contribution < 1.29 is 9.53 Å². The van der Waals surface area contributed by atoms with E-state index in [-0.39, 0.29) is 5.91 Å². The van der Waals surface area contributed by atoms with Crippen molar-refractivity contribution >= 4 is 11.9 Å². The third-order valence-electron chi connectivity index (χ3n) is 4.46. The van der Waals surface area contributed by atoms with E-state index in [1.807, 2.05) is 26.0 Å². The molecular formula is C22H35N5O2. The van der Waals surface area contributed by atoms with Gasteiger partial charge in [0.2, 0.25) is 11.9 Å². The Morgan fingerprint density at radius 2 is 2.00 bits per heavy atom. The van der Waals surface area contributed by atoms with E-state index in [1.165, 1.54) is 19.8 Å². The molecule has 0 spiro atoms. The maximum absolute atomic E-state index is 11.1. The van der Waals surface area contributed by atoms with Crippen LogP contribution in [0.25, 0.3) is 0 Å². The van der Waals surface area contributed by atoms with Crippen LogP contribution in [0.3, 0.4) is 0 Å². The van der Waals surface area contributed by atoms with Gasteiger partial charge in [-0.05, 0) is 33.2 Å². The maximum Gasteiger partial charge on any atom is 0.223 e. The lowest BCUT2D eigenvalue weighted by atomic mass is 9.99. The number of imidazole rings is 1. The fraction of sp³-hybridized carbons (Fsp3) is 0.591. The third-order valence-corrected chi connectivity index (χ3v) is 4.46. The molecule has 2 aromatic rings. The first-order valence-electron chi connectivity index (χ1n) is 10.5. The van der Waals surface area contributed by atoms with E-state index >= 15 is 0 Å². The highest BCUT2D eigenvalue weighted by molar-refractivity contribution is 5.86. The first kappa shape index (κ1) is 22.9. The van der Waals surface area contributed by atoms with E-state index in [0.717, 1.165) is 55.5 Å². The number of pyridine rings is 1. The molecule has 29 heavy (non-hydrogen) atoms. The molecule has 0 bridgehead atoms. The fourth-order valence-corrected chi connectivity index (χ4v) is 3.44. The quantitative estimate of drug-likeness (QED) is 0.762. The van der Waals surface area contributed by atoms with Crippen LogP contribution in [-0.4, -0.2) is 45.5 Å². The minimum Gasteiger partial charge on any atom is -0.493 e. The van der Waals surface area contributed by atoms with Gasteiger partial charge in [-0.25, -0.2) is 4.98 Å². The zero-order valence-electron chi connectivity index (χ0n) is 18.4. The van der Waals surface area contributed by atoms with Gasteiger partial charge in [-0.1, -0.05) is 20.3 Å². The van der Waals surface area contributed by atoms with Gasteiger partial charge >= 0.3 is 0 Å². The third kappa shape index (κ3) is 8.23. The van der Waals surface area contributed by atoms with Crippen molar-refractivity contribution in [1.82, 2.24) is 19.9 Å². The Morgan fingerprint density at radius 3 is 2.66 bits per heavy atom. The highest BCUT2D eigenvalue weighted by Gasteiger charge is 2.21. The van der Waals surface area contributed by atoms with Crippen LogP contribution in [0.15, 0.2) is 18.3 Å². The Balaban J connectivity index is 0.000000941. The summed E-state index contributed by atoms with van der Waals surface area (Å²) >= 11 is 0. The monoisotopic (exact) mass is 401 g/mol. The molecule has 7 heteroatoms. The summed E-state index contributed by atoms with van der Waals surface area (Å²) in [5.74, 6) is 1.80. The van der Waals surface area contributed by atoms with Gasteiger partial charge in [-0.3, -0.25) is 20.0 Å². The summed E-state index contributed by atoms with van der Waals surface area (Å²) in [5, 5.41) is 2.67. The highest BCUT2D eigenvalue weighted by atomic mass is 16.5. The van der Waals surface area contributed by atoms with Gasteiger partial charge in [0.1, 0.15) is 5.75 Å². The summed E-state index contributed by atoms with van der Waals surface area (Å²) in [5.41, 5.74) is 2.98. The van der Waals surface area contributed by atoms with Crippen LogP contribution in [0.2, 0.25) is 0 Å². The van der Waals surface area contributed by atoms with Crippen molar-refractivity contribution in [2.24, 2.45) is 5.92 Å². The Morgan fingerprint density at radius 1 is 1.31 bits per heavy atom. The Kier molecular flexibility index (Phi) is 9.12. The van der Waals surface area contributed by atoms with Crippen LogP contribution in [-0.2, 0) is 11.3 Å². The molecule has 1 unspecified atom stereocenters. The van der Waals surface area contributed by atoms with E-state index < -0.39 is 0 Å². The fourth-order valence-electron chi connectivity index (χ4n) is 3.44. The maximum atomic E-state index is 11.1. The van der Waals surface area contributed by atoms with E-state index in [9.17, 15) is 4.79 Å². The van der Waals surface area contributed by atoms with Crippen molar-refractivity contribution in [1.29, 1.82) is 0 Å². The van der Waals surface area contributed by atoms with Crippen molar-refractivity contribution in [3.8, 4) is 5.75 Å². The summed E-state index contributed by atoms with van der Waals surface area (Å²) in [6.45, 7) is 13.3. The molecule has 2 aromatic heterocycles. The molecule has 1 amide bonds. The second kappa shape index (κ2) is 11.6. The second-order valence-electron chi connectivity index (χ2n) is 7.79. The number of H-pyrrole nitrogens is 1. The summed E-state index contributed by atoms with van der Waals surface area (Å²) in [4.78, 5) is 25.2. The molecule has 160 valence electrons. The van der Waals surface area contributed by atoms with Crippen molar-refractivity contribution in [2.75, 3.05) is 25.0 Å². The predicted molar refractivity (Wildman–Crippen MR) is 116 cm³/mol. The average molecular weight is 402 g/mol. The van der Waals surface area contributed by atoms with Crippen LogP contribution >= 0.6 is 0 Å². The second-order valence-corrected chi connectivity index (χ2v) is 7.79. The summed E-state index contributed by atoms with van der Waals surface area (Å²) in [7, 11) is 0. The number of nitrogens with one attached hydrogen (secondary N) is 2. The Labute approximate surface area is 174 Å². The summed E-state index contributed by atoms with van der Waals surface area (Å²) < 4.78 is 6.02. The molecule has 1 atom stereocenters. The lowest BCUT2D eigenvalue weighted by Crippen LogP contribution is -2.37. The number of hydrogen-bond acceptors (Lipinski definition) is 5. The number of likely N-dealkylation sites (tertiary alicyclic amines) is 1. The molecule has 1 saturated heterocycles. The number of anilines is 1. The molecule has 0 aromatic carbocycles. The summed E-state index contributed by atoms with van der Waals surface area (Å²) in [6, 6.07) is 3.98. The molecule has 7 nitrogen and oxygen atoms in total. The van der Waals surface area contributed by atoms with Gasteiger partial charge in [0.05, 0.1) is 18.5 Å². The molecule has 1 aliphatic rings. The molecule has 0 saturated carbocycles. The first-order chi connectivity index (χ1) is 13.9. The number of ether oxygens (including phenoxy) is 1. The number of aryl methyl sites for hydroxylation is 2. The number of aromatic amines is 1. The summed E-state index contributed by atoms with van der Waals surface area (Å²) in [6.07, 6.45) is 5.38. The molecule has 1 aliphatic heterocycles. The highest BCUT2D eigenvalue weighted by Crippen LogP contribution is 2.21. The largest absolute Gasteiger partial charge is 0.493 e. The predicted octanol–water partition coefficient (Wildman–Crippen LogP) is 4.09. The minimum atomic E-state index is -0.123. The Bertz CT molecular complexity index is 754. The van der Waals surface area contributed by atoms with Gasteiger partial charge in [-0.15, -0.1) is 0 Å². The van der Waals surface area contributed by atoms with Crippen molar-refractivity contribution in [2.45, 2.75) is 60.4 Å². The van der Waals surface area contributed by atoms with E-state index in [1.54, 1.807) is 6.20 Å². The number of rotatable bonds is 6. The molecule has 0 radical (unpaired) electrons. The molecule has 0 aliphatic carbocycles. The van der Waals surface area contributed by atoms with Crippen LogP contribution in [0, 0.1) is 19.8 Å². The minimum absolute atomic E-state index is 0.123. The first-order valence-corrected chi connectivity index (χ1v) is 10.5. The van der Waals surface area contributed by atoms with Crippen LogP contribution < -0.4 is 10.1 Å². The number of nitrogens with zero attached hydrogens (tertiary/aromatic N) is 3. The smallest absolute Gasteiger partial charge is 0.223 e. The number of hydrogen-bond donors (Lipinski definition) is 2. The lowest BCUT2D eigenvalue weighted by Gasteiger charge is -2.32. The lowest BCUT2D eigenvalue weighted by molar-refractivity contribution is -0.114. The molecule has 3 heterocycles. The number of aromatic nitrogens is 3. The van der Waals surface area contributed by atoms with Gasteiger partial charge in [0, 0.05) is 49.5 Å². The normalized spacial score (nSPS) is 16.7. The van der Waals surface area contributed by atoms with Crippen LogP contribution in [0.1, 0.15) is 57.1 Å². The standard InChI is InChI=1S/C19H27N5O2.C3H8/c1-13-7-18(8-14(2)21-13)26-12-16-5-4-6-24(10-16)11-17-9-20-19(23-17)22-15(3)25;1-3-2/h7-9,16H,4-6,10-12H2,1-3H3,(H2,20,22,23,25);3H2,1-2H3. The molecule has 3 rings (SSSR count). The van der Waals surface area contributed by atoms with E-state index in [2.05, 4.69) is 39.0 Å². The Hall–Kier alpha value is -2.41. The number of carbonyl (C=O) groups is 1. The molecule has 2 N–H and O–H groups in total.